The van der Waals surface area contributed by atoms with Crippen LogP contribution in [0.4, 0.5) is 0 Å². The molecule has 1 heterocycles. The number of amides is 1. The molecule has 6 nitrogen and oxygen atoms in total. The van der Waals surface area contributed by atoms with Crippen molar-refractivity contribution in [3.63, 3.8) is 0 Å². The molecule has 2 N–H and O–H groups in total. The number of nitrogens with zero attached hydrogens (tertiary/aromatic N) is 1. The molecule has 1 fully saturated rings. The second kappa shape index (κ2) is 6.49. The number of aliphatic carboxylic acids is 1. The Hall–Kier alpha value is -2.21. The van der Waals surface area contributed by atoms with E-state index in [9.17, 15) is 9.59 Å². The molecule has 6 heteroatoms. The maximum Gasteiger partial charge on any atom is 0.328 e. The standard InChI is InChI=1S/C15H18N2O4/c1-21-15(7-3-8-15)10-17-14(20)13-11(4-2-9-16-13)5-6-12(18)19/h2,4-6,9H,3,7-8,10H2,1H3,(H,17,20)(H,18,19)/b6-5+. The maximum absolute atomic E-state index is 12.2. The SMILES string of the molecule is COC1(CNC(=O)c2ncccc2/C=C/C(=O)O)CCC1. The van der Waals surface area contributed by atoms with Crippen molar-refractivity contribution in [3.8, 4) is 0 Å². The van der Waals surface area contributed by atoms with Gasteiger partial charge < -0.3 is 15.2 Å². The minimum Gasteiger partial charge on any atom is -0.478 e. The summed E-state index contributed by atoms with van der Waals surface area (Å²) in [7, 11) is 1.65. The molecule has 2 rings (SSSR count). The van der Waals surface area contributed by atoms with Crippen molar-refractivity contribution in [2.75, 3.05) is 13.7 Å². The number of hydrogen-bond acceptors (Lipinski definition) is 4. The molecule has 0 unspecified atom stereocenters. The highest BCUT2D eigenvalue weighted by molar-refractivity contribution is 5.97. The van der Waals surface area contributed by atoms with E-state index >= 15 is 0 Å². The molecule has 0 aliphatic heterocycles. The smallest absolute Gasteiger partial charge is 0.328 e. The van der Waals surface area contributed by atoms with Gasteiger partial charge in [-0.3, -0.25) is 9.78 Å². The molecule has 0 spiro atoms. The molecule has 1 aliphatic rings. The number of methoxy groups -OCH3 is 1. The Morgan fingerprint density at radius 3 is 2.86 bits per heavy atom. The average Bonchev–Trinajstić information content (AvgIpc) is 2.44. The third-order valence-corrected chi connectivity index (χ3v) is 3.73. The van der Waals surface area contributed by atoms with E-state index in [0.717, 1.165) is 25.3 Å². The minimum absolute atomic E-state index is 0.209. The van der Waals surface area contributed by atoms with E-state index < -0.39 is 5.97 Å². The Morgan fingerprint density at radius 2 is 2.29 bits per heavy atom. The summed E-state index contributed by atoms with van der Waals surface area (Å²) in [6, 6.07) is 3.30. The molecule has 1 amide bonds. The van der Waals surface area contributed by atoms with Crippen LogP contribution < -0.4 is 5.32 Å². The van der Waals surface area contributed by atoms with E-state index in [1.54, 1.807) is 19.2 Å². The molecule has 21 heavy (non-hydrogen) atoms. The lowest BCUT2D eigenvalue weighted by Crippen LogP contribution is -2.49. The summed E-state index contributed by atoms with van der Waals surface area (Å²) in [5.41, 5.74) is 0.416. The number of aromatic nitrogens is 1. The number of carbonyl (C=O) groups excluding carboxylic acids is 1. The predicted octanol–water partition coefficient (Wildman–Crippen LogP) is 1.48. The Balaban J connectivity index is 2.07. The van der Waals surface area contributed by atoms with Gasteiger partial charge in [0.05, 0.1) is 5.60 Å². The van der Waals surface area contributed by atoms with Gasteiger partial charge >= 0.3 is 5.97 Å². The summed E-state index contributed by atoms with van der Waals surface area (Å²) in [5, 5.41) is 11.5. The highest BCUT2D eigenvalue weighted by Crippen LogP contribution is 2.34. The van der Waals surface area contributed by atoms with Gasteiger partial charge in [-0.1, -0.05) is 6.07 Å². The van der Waals surface area contributed by atoms with Crippen LogP contribution in [0.3, 0.4) is 0 Å². The summed E-state index contributed by atoms with van der Waals surface area (Å²) in [5.74, 6) is -1.40. The second-order valence-electron chi connectivity index (χ2n) is 5.04. The number of hydrogen-bond donors (Lipinski definition) is 2. The maximum atomic E-state index is 12.2. The Labute approximate surface area is 122 Å². The van der Waals surface area contributed by atoms with Crippen molar-refractivity contribution in [1.82, 2.24) is 10.3 Å². The van der Waals surface area contributed by atoms with Crippen LogP contribution in [0.15, 0.2) is 24.4 Å². The summed E-state index contributed by atoms with van der Waals surface area (Å²) >= 11 is 0. The fourth-order valence-electron chi connectivity index (χ4n) is 2.25. The molecule has 0 aromatic carbocycles. The van der Waals surface area contributed by atoms with Crippen LogP contribution in [0.2, 0.25) is 0 Å². The van der Waals surface area contributed by atoms with Crippen LogP contribution in [-0.2, 0) is 9.53 Å². The molecule has 0 bridgehead atoms. The molecule has 0 atom stereocenters. The number of carboxylic acids is 1. The number of carbonyl (C=O) groups is 2. The molecule has 1 aliphatic carbocycles. The quantitative estimate of drug-likeness (QED) is 0.775. The van der Waals surface area contributed by atoms with Gasteiger partial charge in [0, 0.05) is 31.5 Å². The van der Waals surface area contributed by atoms with Crippen LogP contribution in [-0.4, -0.2) is 41.2 Å². The zero-order valence-corrected chi connectivity index (χ0v) is 11.8. The van der Waals surface area contributed by atoms with Crippen LogP contribution in [0.25, 0.3) is 6.08 Å². The van der Waals surface area contributed by atoms with Gasteiger partial charge in [-0.15, -0.1) is 0 Å². The monoisotopic (exact) mass is 290 g/mol. The number of carboxylic acid groups (broad SMARTS) is 1. The molecule has 0 radical (unpaired) electrons. The highest BCUT2D eigenvalue weighted by Gasteiger charge is 2.37. The second-order valence-corrected chi connectivity index (χ2v) is 5.04. The van der Waals surface area contributed by atoms with Gasteiger partial charge in [0.2, 0.25) is 0 Å². The van der Waals surface area contributed by atoms with Crippen molar-refractivity contribution >= 4 is 18.0 Å². The van der Waals surface area contributed by atoms with Gasteiger partial charge in [0.1, 0.15) is 5.69 Å². The Bertz CT molecular complexity index is 559. The first-order chi connectivity index (χ1) is 10.1. The molecule has 1 aromatic heterocycles. The topological polar surface area (TPSA) is 88.5 Å². The summed E-state index contributed by atoms with van der Waals surface area (Å²) < 4.78 is 5.44. The first-order valence-corrected chi connectivity index (χ1v) is 6.76. The van der Waals surface area contributed by atoms with Gasteiger partial charge in [-0.2, -0.15) is 0 Å². The van der Waals surface area contributed by atoms with Gasteiger partial charge in [-0.25, -0.2) is 4.79 Å². The lowest BCUT2D eigenvalue weighted by Gasteiger charge is -2.40. The Morgan fingerprint density at radius 1 is 1.52 bits per heavy atom. The van der Waals surface area contributed by atoms with Gasteiger partial charge in [0.15, 0.2) is 0 Å². The van der Waals surface area contributed by atoms with E-state index in [2.05, 4.69) is 10.3 Å². The zero-order chi connectivity index (χ0) is 15.3. The fourth-order valence-corrected chi connectivity index (χ4v) is 2.25. The average molecular weight is 290 g/mol. The molecule has 1 aromatic rings. The van der Waals surface area contributed by atoms with Crippen molar-refractivity contribution in [2.45, 2.75) is 24.9 Å². The zero-order valence-electron chi connectivity index (χ0n) is 11.8. The molecular weight excluding hydrogens is 272 g/mol. The van der Waals surface area contributed by atoms with Crippen molar-refractivity contribution < 1.29 is 19.4 Å². The van der Waals surface area contributed by atoms with E-state index in [4.69, 9.17) is 9.84 Å². The normalized spacial score (nSPS) is 16.4. The summed E-state index contributed by atoms with van der Waals surface area (Å²) in [6.07, 6.45) is 6.80. The predicted molar refractivity (Wildman–Crippen MR) is 76.8 cm³/mol. The lowest BCUT2D eigenvalue weighted by molar-refractivity contribution is -0.131. The molecule has 1 saturated carbocycles. The van der Waals surface area contributed by atoms with Gasteiger partial charge in [-0.05, 0) is 31.4 Å². The van der Waals surface area contributed by atoms with Crippen LogP contribution in [0, 0.1) is 0 Å². The number of ether oxygens (including phenoxy) is 1. The van der Waals surface area contributed by atoms with Crippen LogP contribution >= 0.6 is 0 Å². The van der Waals surface area contributed by atoms with E-state index in [-0.39, 0.29) is 17.2 Å². The largest absolute Gasteiger partial charge is 0.478 e. The number of pyridine rings is 1. The van der Waals surface area contributed by atoms with Gasteiger partial charge in [0.25, 0.3) is 5.91 Å². The first-order valence-electron chi connectivity index (χ1n) is 6.76. The number of rotatable bonds is 6. The molecule has 0 saturated heterocycles. The molecule has 112 valence electrons. The third-order valence-electron chi connectivity index (χ3n) is 3.73. The highest BCUT2D eigenvalue weighted by atomic mass is 16.5. The van der Waals surface area contributed by atoms with Crippen molar-refractivity contribution in [3.05, 3.63) is 35.7 Å². The fraction of sp³-hybridized carbons (Fsp3) is 0.400. The lowest BCUT2D eigenvalue weighted by atomic mass is 9.80. The third kappa shape index (κ3) is 3.66. The van der Waals surface area contributed by atoms with Crippen LogP contribution in [0.1, 0.15) is 35.3 Å². The Kier molecular flexibility index (Phi) is 4.70. The van der Waals surface area contributed by atoms with E-state index in [0.29, 0.717) is 12.1 Å². The summed E-state index contributed by atoms with van der Waals surface area (Å²) in [6.45, 7) is 0.432. The van der Waals surface area contributed by atoms with E-state index in [1.807, 2.05) is 0 Å². The van der Waals surface area contributed by atoms with Crippen molar-refractivity contribution in [1.29, 1.82) is 0 Å². The van der Waals surface area contributed by atoms with Crippen molar-refractivity contribution in [2.24, 2.45) is 0 Å². The number of nitrogens with one attached hydrogen (secondary N) is 1. The summed E-state index contributed by atoms with van der Waals surface area (Å²) in [4.78, 5) is 26.8. The molecular formula is C15H18N2O4. The minimum atomic E-state index is -1.07. The van der Waals surface area contributed by atoms with E-state index in [1.165, 1.54) is 12.3 Å². The van der Waals surface area contributed by atoms with Crippen LogP contribution in [0.5, 0.6) is 0 Å². The first kappa shape index (κ1) is 15.2.